The van der Waals surface area contributed by atoms with Gasteiger partial charge in [-0.1, -0.05) is 37.8 Å². The Hall–Kier alpha value is -5.73. The second kappa shape index (κ2) is 20.0. The van der Waals surface area contributed by atoms with E-state index in [0.717, 1.165) is 18.4 Å². The molecule has 6 heterocycles. The van der Waals surface area contributed by atoms with Gasteiger partial charge in [0, 0.05) is 24.5 Å². The summed E-state index contributed by atoms with van der Waals surface area (Å²) in [7, 11) is 3.15. The smallest absolute Gasteiger partial charge is 0.450 e. The molecule has 1 aromatic carbocycles. The zero-order valence-corrected chi connectivity index (χ0v) is 33.9. The minimum Gasteiger partial charge on any atom is -0.497 e. The van der Waals surface area contributed by atoms with Crippen LogP contribution in [0.1, 0.15) is 50.8 Å². The van der Waals surface area contributed by atoms with Crippen molar-refractivity contribution in [3.05, 3.63) is 85.2 Å². The number of nitrogen functional groups attached to an aromatic ring is 2. The number of nitrogens with two attached hydrogens (primary N) is 2. The van der Waals surface area contributed by atoms with Crippen molar-refractivity contribution in [2.24, 2.45) is 0 Å². The van der Waals surface area contributed by atoms with Gasteiger partial charge < -0.3 is 40.3 Å². The molecule has 0 atom stereocenters. The molecule has 18 nitrogen and oxygen atoms in total. The van der Waals surface area contributed by atoms with Crippen LogP contribution in [0, 0.1) is 0 Å². The Kier molecular flexibility index (Phi) is 14.6. The molecular weight excluding hydrogens is 838 g/mol. The minimum atomic E-state index is -0.750. The van der Waals surface area contributed by atoms with Crippen LogP contribution in [-0.2, 0) is 11.3 Å². The topological polar surface area (TPSA) is 231 Å². The summed E-state index contributed by atoms with van der Waals surface area (Å²) in [6.45, 7) is 0.600. The molecule has 60 heavy (non-hydrogen) atoms. The van der Waals surface area contributed by atoms with Crippen LogP contribution in [0.5, 0.6) is 35.0 Å². The van der Waals surface area contributed by atoms with E-state index in [4.69, 9.17) is 69.5 Å². The summed E-state index contributed by atoms with van der Waals surface area (Å²) in [5.41, 5.74) is 14.5. The molecule has 2 fully saturated rings. The third-order valence-corrected chi connectivity index (χ3v) is 9.44. The highest BCUT2D eigenvalue weighted by Crippen LogP contribution is 2.41. The fourth-order valence-electron chi connectivity index (χ4n) is 6.35. The molecule has 0 unspecified atom stereocenters. The van der Waals surface area contributed by atoms with Crippen molar-refractivity contribution in [2.45, 2.75) is 64.0 Å². The quantitative estimate of drug-likeness (QED) is 0.110. The molecular formula is C38H42BCl3N12O6. The second-order valence-corrected chi connectivity index (χ2v) is 15.2. The van der Waals surface area contributed by atoms with Gasteiger partial charge in [0.2, 0.25) is 11.8 Å². The number of benzene rings is 1. The van der Waals surface area contributed by atoms with Gasteiger partial charge in [-0.2, -0.15) is 34.4 Å². The summed E-state index contributed by atoms with van der Waals surface area (Å²) in [4.78, 5) is 24.4. The van der Waals surface area contributed by atoms with Crippen molar-refractivity contribution in [1.82, 2.24) is 49.5 Å². The SMILES string of the molecule is C.COc1ccnc(Oc2nn(C3CC(O)C3)c3ncnc(N)c23)c1.COc1ccnc(Oc2nn(C3CC(OCc4ccccc4)C3)c3ncnc(N)c23)c1.ClB(Cl)Cl. The molecule has 0 radical (unpaired) electrons. The maximum Gasteiger partial charge on any atom is 0.450 e. The predicted molar refractivity (Wildman–Crippen MR) is 229 cm³/mol. The average molecular weight is 880 g/mol. The first kappa shape index (κ1) is 43.8. The van der Waals surface area contributed by atoms with Crippen LogP contribution in [-0.4, -0.2) is 86.0 Å². The Morgan fingerprint density at radius 2 is 1.17 bits per heavy atom. The van der Waals surface area contributed by atoms with Gasteiger partial charge in [-0.3, -0.25) is 0 Å². The molecule has 2 saturated carbocycles. The lowest BCUT2D eigenvalue weighted by atomic mass is 9.89. The number of hydrogen-bond acceptors (Lipinski definition) is 16. The summed E-state index contributed by atoms with van der Waals surface area (Å²) < 4.78 is 31.7. The van der Waals surface area contributed by atoms with Crippen molar-refractivity contribution in [3.8, 4) is 35.0 Å². The summed E-state index contributed by atoms with van der Waals surface area (Å²) in [6, 6.07) is 17.2. The van der Waals surface area contributed by atoms with Crippen LogP contribution in [0.25, 0.3) is 22.1 Å². The van der Waals surface area contributed by atoms with E-state index < -0.39 is 4.96 Å². The maximum atomic E-state index is 9.55. The number of aliphatic hydroxyl groups excluding tert-OH is 1. The van der Waals surface area contributed by atoms with Gasteiger partial charge in [0.05, 0.1) is 45.1 Å². The third-order valence-electron chi connectivity index (χ3n) is 9.44. The Labute approximate surface area is 359 Å². The standard InChI is InChI=1S/C22H22N6O3.C15H16N6O3.CH4.BCl3/c1-29-16-7-8-24-18(11-16)31-22-19-20(23)25-13-26-21(19)28(27-22)15-9-17(10-15)30-12-14-5-3-2-4-6-14;1-23-10-2-3-17-11(6-10)24-15-12-13(16)18-7-19-14(12)21(20-15)8-4-9(22)5-8;;2-1(3)4/h2-8,11,13,15,17H,9-10,12H2,1H3,(H2,23,25,26);2-3,6-9,22H,4-5H2,1H3,(H2,16,18,19);1H4;. The maximum absolute atomic E-state index is 9.55. The van der Waals surface area contributed by atoms with Crippen molar-refractivity contribution >= 4 is 73.0 Å². The van der Waals surface area contributed by atoms with E-state index in [-0.39, 0.29) is 43.4 Å². The Balaban J connectivity index is 0.000000187. The van der Waals surface area contributed by atoms with Crippen LogP contribution in [0.15, 0.2) is 79.6 Å². The van der Waals surface area contributed by atoms with Gasteiger partial charge >= 0.3 is 4.96 Å². The minimum absolute atomic E-state index is 0. The van der Waals surface area contributed by atoms with Gasteiger partial charge in [0.25, 0.3) is 11.8 Å². The van der Waals surface area contributed by atoms with Gasteiger partial charge in [-0.05, 0) is 43.4 Å². The zero-order valence-electron chi connectivity index (χ0n) is 31.7. The van der Waals surface area contributed by atoms with Crippen molar-refractivity contribution < 1.29 is 28.8 Å². The molecule has 0 amide bonds. The van der Waals surface area contributed by atoms with Crippen LogP contribution in [0.3, 0.4) is 0 Å². The second-order valence-electron chi connectivity index (χ2n) is 13.3. The van der Waals surface area contributed by atoms with Gasteiger partial charge in [0.15, 0.2) is 11.3 Å². The lowest BCUT2D eigenvalue weighted by Gasteiger charge is -2.35. The van der Waals surface area contributed by atoms with E-state index in [9.17, 15) is 5.11 Å². The van der Waals surface area contributed by atoms with E-state index >= 15 is 0 Å². The molecule has 6 aromatic heterocycles. The van der Waals surface area contributed by atoms with Crippen molar-refractivity contribution in [3.63, 3.8) is 0 Å². The third kappa shape index (κ3) is 10.3. The highest BCUT2D eigenvalue weighted by Gasteiger charge is 2.35. The highest BCUT2D eigenvalue weighted by molar-refractivity contribution is 7.54. The van der Waals surface area contributed by atoms with Gasteiger partial charge in [0.1, 0.15) is 46.6 Å². The number of aliphatic hydroxyl groups is 1. The normalized spacial score (nSPS) is 17.7. The fourth-order valence-corrected chi connectivity index (χ4v) is 6.35. The van der Waals surface area contributed by atoms with Crippen molar-refractivity contribution in [2.75, 3.05) is 25.7 Å². The Morgan fingerprint density at radius 1 is 0.700 bits per heavy atom. The average Bonchev–Trinajstić information content (AvgIpc) is 3.75. The Bertz CT molecular complexity index is 2490. The molecule has 22 heteroatoms. The lowest BCUT2D eigenvalue weighted by Crippen LogP contribution is -2.34. The summed E-state index contributed by atoms with van der Waals surface area (Å²) >= 11 is 14.4. The van der Waals surface area contributed by atoms with Crippen LogP contribution in [0.2, 0.25) is 0 Å². The molecule has 0 saturated heterocycles. The number of methoxy groups -OCH3 is 2. The lowest BCUT2D eigenvalue weighted by molar-refractivity contribution is -0.0376. The first-order chi connectivity index (χ1) is 28.6. The van der Waals surface area contributed by atoms with E-state index in [1.54, 1.807) is 55.6 Å². The van der Waals surface area contributed by atoms with Gasteiger partial charge in [-0.25, -0.2) is 39.3 Å². The molecule has 7 aromatic rings. The monoisotopic (exact) mass is 878 g/mol. The number of fused-ring (bicyclic) bond motifs is 2. The number of anilines is 2. The molecule has 2 aliphatic carbocycles. The summed E-state index contributed by atoms with van der Waals surface area (Å²) in [5.74, 6) is 3.14. The number of ether oxygens (including phenoxy) is 5. The first-order valence-corrected chi connectivity index (χ1v) is 19.5. The van der Waals surface area contributed by atoms with Crippen LogP contribution in [0.4, 0.5) is 11.6 Å². The largest absolute Gasteiger partial charge is 0.497 e. The molecule has 5 N–H and O–H groups in total. The first-order valence-electron chi connectivity index (χ1n) is 18.2. The molecule has 9 rings (SSSR count). The van der Waals surface area contributed by atoms with E-state index in [1.165, 1.54) is 12.7 Å². The molecule has 314 valence electrons. The number of hydrogen-bond donors (Lipinski definition) is 3. The molecule has 0 bridgehead atoms. The summed E-state index contributed by atoms with van der Waals surface area (Å²) in [6.07, 6.45) is 8.79. The summed E-state index contributed by atoms with van der Waals surface area (Å²) in [5, 5.41) is 19.8. The fraction of sp³-hybridized carbons (Fsp3) is 0.316. The van der Waals surface area contributed by atoms with E-state index in [2.05, 4.69) is 52.2 Å². The Morgan fingerprint density at radius 3 is 1.62 bits per heavy atom. The number of halogens is 3. The van der Waals surface area contributed by atoms with Crippen LogP contribution >= 0.6 is 34.4 Å². The van der Waals surface area contributed by atoms with Gasteiger partial charge in [-0.15, -0.1) is 10.2 Å². The molecule has 0 aliphatic heterocycles. The number of nitrogens with zero attached hydrogens (tertiary/aromatic N) is 10. The number of rotatable bonds is 11. The highest BCUT2D eigenvalue weighted by atomic mass is 35.6. The number of pyridine rings is 2. The predicted octanol–water partition coefficient (Wildman–Crippen LogP) is 7.15. The molecule has 0 spiro atoms. The van der Waals surface area contributed by atoms with E-state index in [0.29, 0.717) is 76.5 Å². The van der Waals surface area contributed by atoms with E-state index in [1.807, 2.05) is 22.9 Å². The van der Waals surface area contributed by atoms with Crippen molar-refractivity contribution in [1.29, 1.82) is 0 Å². The zero-order chi connectivity index (χ0) is 41.5. The number of aromatic nitrogens is 10. The van der Waals surface area contributed by atoms with Crippen LogP contribution < -0.4 is 30.4 Å². The molecule has 2 aliphatic rings.